The van der Waals surface area contributed by atoms with Gasteiger partial charge in [-0.2, -0.15) is 0 Å². The Morgan fingerprint density at radius 3 is 2.54 bits per heavy atom. The molecule has 1 N–H and O–H groups in total. The first kappa shape index (κ1) is 19.9. The van der Waals surface area contributed by atoms with E-state index in [0.717, 1.165) is 28.2 Å². The molecule has 3 aromatic rings. The maximum atomic E-state index is 12.3. The van der Waals surface area contributed by atoms with Gasteiger partial charge in [0.25, 0.3) is 0 Å². The van der Waals surface area contributed by atoms with Crippen LogP contribution in [0.15, 0.2) is 47.8 Å². The third-order valence-electron chi connectivity index (χ3n) is 4.44. The highest BCUT2D eigenvalue weighted by Crippen LogP contribution is 2.24. The molecule has 5 nitrogen and oxygen atoms in total. The highest BCUT2D eigenvalue weighted by atomic mass is 32.1. The second-order valence-corrected chi connectivity index (χ2v) is 7.47. The molecule has 28 heavy (non-hydrogen) atoms. The monoisotopic (exact) mass is 396 g/mol. The van der Waals surface area contributed by atoms with Crippen LogP contribution >= 0.6 is 11.3 Å². The summed E-state index contributed by atoms with van der Waals surface area (Å²) in [6.07, 6.45) is 1.03. The lowest BCUT2D eigenvalue weighted by Gasteiger charge is -2.11. The van der Waals surface area contributed by atoms with Crippen LogP contribution in [0, 0.1) is 6.92 Å². The topological polar surface area (TPSA) is 60.5 Å². The van der Waals surface area contributed by atoms with Gasteiger partial charge in [0.05, 0.1) is 31.3 Å². The summed E-state index contributed by atoms with van der Waals surface area (Å²) < 4.78 is 10.6. The number of carbonyl (C=O) groups is 1. The number of hydrogen-bond acceptors (Lipinski definition) is 5. The minimum absolute atomic E-state index is 0.0406. The molecule has 0 atom stereocenters. The maximum Gasteiger partial charge on any atom is 0.224 e. The Balaban J connectivity index is 1.51. The number of aromatic nitrogens is 1. The molecule has 1 aromatic heterocycles. The van der Waals surface area contributed by atoms with Gasteiger partial charge in [0.1, 0.15) is 11.5 Å². The van der Waals surface area contributed by atoms with Gasteiger partial charge in [0, 0.05) is 23.1 Å². The summed E-state index contributed by atoms with van der Waals surface area (Å²) in [6.45, 7) is 2.59. The van der Waals surface area contributed by atoms with E-state index in [2.05, 4.69) is 39.9 Å². The van der Waals surface area contributed by atoms with Crippen molar-refractivity contribution in [3.8, 4) is 22.8 Å². The molecule has 0 fully saturated rings. The Bertz CT molecular complexity index is 935. The van der Waals surface area contributed by atoms with Crippen molar-refractivity contribution in [2.45, 2.75) is 19.8 Å². The fourth-order valence-corrected chi connectivity index (χ4v) is 3.56. The van der Waals surface area contributed by atoms with Gasteiger partial charge in [-0.3, -0.25) is 4.79 Å². The van der Waals surface area contributed by atoms with Crippen LogP contribution in [0.3, 0.4) is 0 Å². The van der Waals surface area contributed by atoms with E-state index in [1.54, 1.807) is 25.6 Å². The number of nitrogens with zero attached hydrogens (tertiary/aromatic N) is 1. The highest BCUT2D eigenvalue weighted by Gasteiger charge is 2.10. The molecule has 3 rings (SSSR count). The Morgan fingerprint density at radius 1 is 1.11 bits per heavy atom. The van der Waals surface area contributed by atoms with Crippen LogP contribution in [0.1, 0.15) is 16.1 Å². The number of hydrogen-bond donors (Lipinski definition) is 1. The number of thiazole rings is 1. The summed E-state index contributed by atoms with van der Waals surface area (Å²) in [5, 5.41) is 6.10. The van der Waals surface area contributed by atoms with Crippen molar-refractivity contribution in [2.24, 2.45) is 0 Å². The van der Waals surface area contributed by atoms with Gasteiger partial charge in [0.2, 0.25) is 5.91 Å². The van der Waals surface area contributed by atoms with E-state index in [9.17, 15) is 4.79 Å². The predicted molar refractivity (Wildman–Crippen MR) is 112 cm³/mol. The number of amides is 1. The van der Waals surface area contributed by atoms with E-state index in [-0.39, 0.29) is 12.3 Å². The highest BCUT2D eigenvalue weighted by molar-refractivity contribution is 7.09. The first-order valence-corrected chi connectivity index (χ1v) is 9.96. The zero-order valence-electron chi connectivity index (χ0n) is 16.3. The van der Waals surface area contributed by atoms with Crippen molar-refractivity contribution in [1.82, 2.24) is 10.3 Å². The number of nitrogens with one attached hydrogen (secondary N) is 1. The molecule has 6 heteroatoms. The van der Waals surface area contributed by atoms with Crippen molar-refractivity contribution >= 4 is 17.2 Å². The lowest BCUT2D eigenvalue weighted by Crippen LogP contribution is -2.27. The third kappa shape index (κ3) is 5.10. The van der Waals surface area contributed by atoms with Crippen LogP contribution in [-0.4, -0.2) is 31.7 Å². The van der Waals surface area contributed by atoms with Crippen LogP contribution in [0.2, 0.25) is 0 Å². The van der Waals surface area contributed by atoms with Gasteiger partial charge in [-0.1, -0.05) is 24.3 Å². The van der Waals surface area contributed by atoms with E-state index in [4.69, 9.17) is 9.47 Å². The quantitative estimate of drug-likeness (QED) is 0.624. The van der Waals surface area contributed by atoms with Gasteiger partial charge < -0.3 is 14.8 Å². The zero-order chi connectivity index (χ0) is 19.9. The average Bonchev–Trinajstić information content (AvgIpc) is 3.14. The summed E-state index contributed by atoms with van der Waals surface area (Å²) >= 11 is 1.65. The van der Waals surface area contributed by atoms with Crippen molar-refractivity contribution in [1.29, 1.82) is 0 Å². The largest absolute Gasteiger partial charge is 0.497 e. The van der Waals surface area contributed by atoms with Gasteiger partial charge in [-0.25, -0.2) is 4.98 Å². The summed E-state index contributed by atoms with van der Waals surface area (Å²) in [6, 6.07) is 13.8. The fourth-order valence-electron chi connectivity index (χ4n) is 2.94. The molecule has 1 amide bonds. The van der Waals surface area contributed by atoms with E-state index in [1.807, 2.05) is 25.1 Å². The van der Waals surface area contributed by atoms with Crippen molar-refractivity contribution in [2.75, 3.05) is 20.8 Å². The standard InChI is InChI=1S/C22H24N2O3S/c1-15-24-20(14-28-15)17-6-4-16(5-7-17)10-11-23-22(25)13-18-12-19(26-2)8-9-21(18)27-3/h4-9,12,14H,10-11,13H2,1-3H3,(H,23,25). The molecule has 0 saturated heterocycles. The lowest BCUT2D eigenvalue weighted by atomic mass is 10.1. The first-order chi connectivity index (χ1) is 13.6. The third-order valence-corrected chi connectivity index (χ3v) is 5.22. The van der Waals surface area contributed by atoms with Gasteiger partial charge in [-0.15, -0.1) is 11.3 Å². The minimum Gasteiger partial charge on any atom is -0.497 e. The number of ether oxygens (including phenoxy) is 2. The first-order valence-electron chi connectivity index (χ1n) is 9.08. The Kier molecular flexibility index (Phi) is 6.66. The van der Waals surface area contributed by atoms with E-state index >= 15 is 0 Å². The van der Waals surface area contributed by atoms with E-state index < -0.39 is 0 Å². The molecule has 0 aliphatic carbocycles. The molecule has 146 valence electrons. The molecular weight excluding hydrogens is 372 g/mol. The van der Waals surface area contributed by atoms with E-state index in [0.29, 0.717) is 18.0 Å². The maximum absolute atomic E-state index is 12.3. The Hall–Kier alpha value is -2.86. The molecule has 1 heterocycles. The molecule has 0 bridgehead atoms. The molecular formula is C22H24N2O3S. The van der Waals surface area contributed by atoms with Crippen LogP contribution in [0.25, 0.3) is 11.3 Å². The summed E-state index contributed by atoms with van der Waals surface area (Å²) in [5.74, 6) is 1.35. The van der Waals surface area contributed by atoms with Crippen molar-refractivity contribution in [3.05, 3.63) is 64.0 Å². The number of rotatable bonds is 8. The number of aryl methyl sites for hydroxylation is 1. The van der Waals surface area contributed by atoms with Gasteiger partial charge in [-0.05, 0) is 37.1 Å². The van der Waals surface area contributed by atoms with Crippen molar-refractivity contribution in [3.63, 3.8) is 0 Å². The van der Waals surface area contributed by atoms with Crippen LogP contribution in [0.4, 0.5) is 0 Å². The Labute approximate surface area is 169 Å². The molecule has 0 aliphatic rings. The van der Waals surface area contributed by atoms with Crippen LogP contribution < -0.4 is 14.8 Å². The lowest BCUT2D eigenvalue weighted by molar-refractivity contribution is -0.120. The molecule has 2 aromatic carbocycles. The fraction of sp³-hybridized carbons (Fsp3) is 0.273. The summed E-state index contributed by atoms with van der Waals surface area (Å²) in [4.78, 5) is 16.8. The smallest absolute Gasteiger partial charge is 0.224 e. The molecule has 0 unspecified atom stereocenters. The number of benzene rings is 2. The molecule has 0 saturated carbocycles. The summed E-state index contributed by atoms with van der Waals surface area (Å²) in [5.41, 5.74) is 4.11. The van der Waals surface area contributed by atoms with Gasteiger partial charge >= 0.3 is 0 Å². The predicted octanol–water partition coefficient (Wildman–Crippen LogP) is 4.04. The second kappa shape index (κ2) is 9.37. The molecule has 0 spiro atoms. The number of carbonyl (C=O) groups excluding carboxylic acids is 1. The minimum atomic E-state index is -0.0406. The van der Waals surface area contributed by atoms with Crippen LogP contribution in [0.5, 0.6) is 11.5 Å². The van der Waals surface area contributed by atoms with Crippen molar-refractivity contribution < 1.29 is 14.3 Å². The molecule has 0 aliphatic heterocycles. The average molecular weight is 397 g/mol. The van der Waals surface area contributed by atoms with E-state index in [1.165, 1.54) is 5.56 Å². The molecule has 0 radical (unpaired) electrons. The second-order valence-electron chi connectivity index (χ2n) is 6.40. The SMILES string of the molecule is COc1ccc(OC)c(CC(=O)NCCc2ccc(-c3csc(C)n3)cc2)c1. The number of methoxy groups -OCH3 is 2. The normalized spacial score (nSPS) is 10.5. The van der Waals surface area contributed by atoms with Gasteiger partial charge in [0.15, 0.2) is 0 Å². The summed E-state index contributed by atoms with van der Waals surface area (Å²) in [7, 11) is 3.20. The Morgan fingerprint density at radius 2 is 1.89 bits per heavy atom. The zero-order valence-corrected chi connectivity index (χ0v) is 17.1. The van der Waals surface area contributed by atoms with Crippen LogP contribution in [-0.2, 0) is 17.6 Å².